The molecule has 0 saturated carbocycles. The molecule has 2 atom stereocenters. The third-order valence-corrected chi connectivity index (χ3v) is 5.51. The van der Waals surface area contributed by atoms with Crippen molar-refractivity contribution in [3.63, 3.8) is 0 Å². The van der Waals surface area contributed by atoms with Crippen molar-refractivity contribution in [2.45, 2.75) is 51.2 Å². The van der Waals surface area contributed by atoms with Gasteiger partial charge in [-0.1, -0.05) is 18.2 Å². The van der Waals surface area contributed by atoms with Crippen molar-refractivity contribution in [3.05, 3.63) is 59.5 Å². The number of rotatable bonds is 5. The lowest BCUT2D eigenvalue weighted by atomic mass is 9.86. The fourth-order valence-corrected chi connectivity index (χ4v) is 3.67. The highest BCUT2D eigenvalue weighted by Crippen LogP contribution is 2.30. The van der Waals surface area contributed by atoms with Crippen LogP contribution in [0, 0.1) is 6.92 Å². The minimum absolute atomic E-state index is 0.00173. The first-order chi connectivity index (χ1) is 13.2. The maximum atomic E-state index is 13.1. The molecular weight excluding hydrogens is 356 g/mol. The summed E-state index contributed by atoms with van der Waals surface area (Å²) < 4.78 is 5.50. The number of piperidine rings is 1. The number of hydrogen-bond donors (Lipinski definition) is 2. The van der Waals surface area contributed by atoms with E-state index in [1.807, 2.05) is 18.2 Å². The molecule has 1 aromatic heterocycles. The quantitative estimate of drug-likeness (QED) is 0.830. The van der Waals surface area contributed by atoms with E-state index in [9.17, 15) is 14.7 Å². The van der Waals surface area contributed by atoms with Crippen LogP contribution in [0.5, 0.6) is 0 Å². The van der Waals surface area contributed by atoms with Crippen LogP contribution in [0.3, 0.4) is 0 Å². The number of carbonyl (C=O) groups is 2. The molecule has 28 heavy (non-hydrogen) atoms. The Labute approximate surface area is 165 Å². The van der Waals surface area contributed by atoms with E-state index >= 15 is 0 Å². The molecule has 6 nitrogen and oxygen atoms in total. The van der Waals surface area contributed by atoms with Crippen molar-refractivity contribution >= 4 is 11.8 Å². The molecule has 150 valence electrons. The number of furan rings is 1. The summed E-state index contributed by atoms with van der Waals surface area (Å²) in [5.74, 6) is 0.684. The molecule has 1 aliphatic rings. The number of aliphatic hydroxyl groups is 1. The second-order valence-corrected chi connectivity index (χ2v) is 7.92. The van der Waals surface area contributed by atoms with Gasteiger partial charge in [0.25, 0.3) is 5.91 Å². The lowest BCUT2D eigenvalue weighted by molar-refractivity contribution is -0.134. The van der Waals surface area contributed by atoms with Gasteiger partial charge in [-0.2, -0.15) is 0 Å². The maximum absolute atomic E-state index is 13.1. The molecule has 2 N–H and O–H groups in total. The van der Waals surface area contributed by atoms with E-state index in [1.54, 1.807) is 49.9 Å². The summed E-state index contributed by atoms with van der Waals surface area (Å²) in [5.41, 5.74) is -1.72. The van der Waals surface area contributed by atoms with Gasteiger partial charge >= 0.3 is 0 Å². The summed E-state index contributed by atoms with van der Waals surface area (Å²) in [6.45, 7) is 5.73. The Morgan fingerprint density at radius 2 is 1.93 bits per heavy atom. The van der Waals surface area contributed by atoms with Gasteiger partial charge in [0.05, 0.1) is 6.54 Å². The van der Waals surface area contributed by atoms with Gasteiger partial charge in [0.15, 0.2) is 0 Å². The molecule has 1 aromatic carbocycles. The first kappa shape index (κ1) is 20.1. The summed E-state index contributed by atoms with van der Waals surface area (Å²) in [6, 6.07) is 12.5. The van der Waals surface area contributed by atoms with Gasteiger partial charge < -0.3 is 19.7 Å². The molecule has 0 bridgehead atoms. The standard InChI is InChI=1S/C22H28N2O4/c1-16-11-12-18(28-16)22(3,27)15-23-20(26)21(2)13-7-8-14-24(21)19(25)17-9-5-4-6-10-17/h4-6,9-12,27H,7-8,13-15H2,1-3H3,(H,23,26). The summed E-state index contributed by atoms with van der Waals surface area (Å²) >= 11 is 0. The number of nitrogens with one attached hydrogen (secondary N) is 1. The number of carbonyl (C=O) groups excluding carboxylic acids is 2. The summed E-state index contributed by atoms with van der Waals surface area (Å²) in [6.07, 6.45) is 2.32. The molecule has 1 fully saturated rings. The van der Waals surface area contributed by atoms with E-state index in [0.717, 1.165) is 12.8 Å². The highest BCUT2D eigenvalue weighted by molar-refractivity contribution is 5.99. The van der Waals surface area contributed by atoms with Crippen LogP contribution in [0.1, 0.15) is 55.0 Å². The van der Waals surface area contributed by atoms with Crippen LogP contribution in [0.4, 0.5) is 0 Å². The zero-order valence-electron chi connectivity index (χ0n) is 16.7. The number of nitrogens with zero attached hydrogens (tertiary/aromatic N) is 1. The number of likely N-dealkylation sites (tertiary alicyclic amines) is 1. The van der Waals surface area contributed by atoms with Gasteiger partial charge in [0, 0.05) is 12.1 Å². The Morgan fingerprint density at radius 1 is 1.21 bits per heavy atom. The third-order valence-electron chi connectivity index (χ3n) is 5.51. The van der Waals surface area contributed by atoms with Gasteiger partial charge in [-0.3, -0.25) is 9.59 Å². The minimum Gasteiger partial charge on any atom is -0.463 e. The zero-order valence-corrected chi connectivity index (χ0v) is 16.7. The van der Waals surface area contributed by atoms with E-state index in [-0.39, 0.29) is 18.4 Å². The fraction of sp³-hybridized carbons (Fsp3) is 0.455. The van der Waals surface area contributed by atoms with E-state index in [4.69, 9.17) is 4.42 Å². The molecule has 3 rings (SSSR count). The number of hydrogen-bond acceptors (Lipinski definition) is 4. The van der Waals surface area contributed by atoms with Crippen LogP contribution in [0.2, 0.25) is 0 Å². The lowest BCUT2D eigenvalue weighted by Gasteiger charge is -2.44. The molecule has 0 spiro atoms. The van der Waals surface area contributed by atoms with Crippen molar-refractivity contribution < 1.29 is 19.1 Å². The Bertz CT molecular complexity index is 843. The van der Waals surface area contributed by atoms with E-state index in [2.05, 4.69) is 5.32 Å². The number of aryl methyl sites for hydroxylation is 1. The average molecular weight is 384 g/mol. The Kier molecular flexibility index (Phi) is 5.61. The predicted molar refractivity (Wildman–Crippen MR) is 106 cm³/mol. The van der Waals surface area contributed by atoms with Gasteiger partial charge in [-0.15, -0.1) is 0 Å². The van der Waals surface area contributed by atoms with Crippen molar-refractivity contribution in [1.29, 1.82) is 0 Å². The Hall–Kier alpha value is -2.60. The number of benzene rings is 1. The Balaban J connectivity index is 1.75. The molecule has 2 aromatic rings. The van der Waals surface area contributed by atoms with E-state index in [0.29, 0.717) is 30.0 Å². The van der Waals surface area contributed by atoms with Crippen LogP contribution in [-0.2, 0) is 10.4 Å². The maximum Gasteiger partial charge on any atom is 0.254 e. The second-order valence-electron chi connectivity index (χ2n) is 7.92. The smallest absolute Gasteiger partial charge is 0.254 e. The van der Waals surface area contributed by atoms with Crippen molar-refractivity contribution in [3.8, 4) is 0 Å². The van der Waals surface area contributed by atoms with Gasteiger partial charge in [0.1, 0.15) is 22.7 Å². The molecule has 1 saturated heterocycles. The second kappa shape index (κ2) is 7.80. The van der Waals surface area contributed by atoms with Crippen molar-refractivity contribution in [2.75, 3.05) is 13.1 Å². The minimum atomic E-state index is -1.33. The molecule has 1 aliphatic heterocycles. The van der Waals surface area contributed by atoms with Gasteiger partial charge in [-0.25, -0.2) is 0 Å². The molecule has 2 amide bonds. The summed E-state index contributed by atoms with van der Waals surface area (Å²) in [4.78, 5) is 27.8. The number of amides is 2. The molecule has 0 aliphatic carbocycles. The fourth-order valence-electron chi connectivity index (χ4n) is 3.67. The highest BCUT2D eigenvalue weighted by Gasteiger charge is 2.44. The van der Waals surface area contributed by atoms with Crippen LogP contribution < -0.4 is 5.32 Å². The summed E-state index contributed by atoms with van der Waals surface area (Å²) in [5, 5.41) is 13.5. The van der Waals surface area contributed by atoms with E-state index < -0.39 is 11.1 Å². The molecule has 0 radical (unpaired) electrons. The molecule has 2 heterocycles. The summed E-state index contributed by atoms with van der Waals surface area (Å²) in [7, 11) is 0. The van der Waals surface area contributed by atoms with Crippen LogP contribution in [-0.4, -0.2) is 40.4 Å². The first-order valence-corrected chi connectivity index (χ1v) is 9.69. The third kappa shape index (κ3) is 3.97. The van der Waals surface area contributed by atoms with Gasteiger partial charge in [0.2, 0.25) is 5.91 Å². The predicted octanol–water partition coefficient (Wildman–Crippen LogP) is 3.00. The van der Waals surface area contributed by atoms with E-state index in [1.165, 1.54) is 0 Å². The average Bonchev–Trinajstić information content (AvgIpc) is 3.14. The van der Waals surface area contributed by atoms with Crippen molar-refractivity contribution in [1.82, 2.24) is 10.2 Å². The molecule has 6 heteroatoms. The largest absolute Gasteiger partial charge is 0.463 e. The monoisotopic (exact) mass is 384 g/mol. The van der Waals surface area contributed by atoms with Crippen molar-refractivity contribution in [2.24, 2.45) is 0 Å². The highest BCUT2D eigenvalue weighted by atomic mass is 16.4. The molecular formula is C22H28N2O4. The molecule has 2 unspecified atom stereocenters. The van der Waals surface area contributed by atoms with Crippen LogP contribution in [0.25, 0.3) is 0 Å². The van der Waals surface area contributed by atoms with Crippen LogP contribution in [0.15, 0.2) is 46.9 Å². The topological polar surface area (TPSA) is 82.8 Å². The van der Waals surface area contributed by atoms with Crippen LogP contribution >= 0.6 is 0 Å². The lowest BCUT2D eigenvalue weighted by Crippen LogP contribution is -2.61. The SMILES string of the molecule is Cc1ccc(C(C)(O)CNC(=O)C2(C)CCCCN2C(=O)c2ccccc2)o1. The first-order valence-electron chi connectivity index (χ1n) is 9.69. The normalized spacial score (nSPS) is 21.8. The van der Waals surface area contributed by atoms with Gasteiger partial charge in [-0.05, 0) is 64.3 Å². The Morgan fingerprint density at radius 3 is 2.57 bits per heavy atom. The zero-order chi connectivity index (χ0) is 20.4.